The first-order chi connectivity index (χ1) is 15.9. The van der Waals surface area contributed by atoms with Crippen LogP contribution in [0, 0.1) is 0 Å². The molecule has 1 aromatic heterocycles. The lowest BCUT2D eigenvalue weighted by atomic mass is 10.0. The molecule has 2 N–H and O–H groups in total. The number of aromatic hydroxyl groups is 1. The van der Waals surface area contributed by atoms with Gasteiger partial charge in [0.1, 0.15) is 5.75 Å². The predicted molar refractivity (Wildman–Crippen MR) is 125 cm³/mol. The van der Waals surface area contributed by atoms with E-state index < -0.39 is 22.8 Å². The Labute approximate surface area is 192 Å². The van der Waals surface area contributed by atoms with Gasteiger partial charge in [-0.2, -0.15) is 0 Å². The molecular formula is C25H28N2O6. The number of hydrogen-bond acceptors (Lipinski definition) is 6. The topological polar surface area (TPSA) is 99.0 Å². The lowest BCUT2D eigenvalue weighted by molar-refractivity contribution is 0.0945. The second-order valence-corrected chi connectivity index (χ2v) is 7.53. The molecule has 1 atom stereocenters. The van der Waals surface area contributed by atoms with Gasteiger partial charge in [0.25, 0.3) is 11.5 Å². The second-order valence-electron chi connectivity index (χ2n) is 7.53. The van der Waals surface area contributed by atoms with Crippen LogP contribution >= 0.6 is 0 Å². The Morgan fingerprint density at radius 1 is 1.00 bits per heavy atom. The van der Waals surface area contributed by atoms with E-state index in [4.69, 9.17) is 14.2 Å². The third-order valence-corrected chi connectivity index (χ3v) is 5.41. The van der Waals surface area contributed by atoms with Crippen LogP contribution in [0.5, 0.6) is 23.1 Å². The van der Waals surface area contributed by atoms with Crippen LogP contribution in [-0.2, 0) is 6.54 Å². The van der Waals surface area contributed by atoms with Gasteiger partial charge >= 0.3 is 0 Å². The first kappa shape index (κ1) is 23.7. The number of amides is 1. The van der Waals surface area contributed by atoms with E-state index >= 15 is 0 Å². The fourth-order valence-corrected chi connectivity index (χ4v) is 3.55. The van der Waals surface area contributed by atoms with Crippen molar-refractivity contribution in [2.45, 2.75) is 19.4 Å². The number of nitrogens with zero attached hydrogens (tertiary/aromatic N) is 1. The number of hydrogen-bond donors (Lipinski definition) is 2. The Morgan fingerprint density at radius 2 is 1.67 bits per heavy atom. The zero-order chi connectivity index (χ0) is 24.0. The highest BCUT2D eigenvalue weighted by Gasteiger charge is 2.28. The molecule has 1 amide bonds. The Morgan fingerprint density at radius 3 is 2.24 bits per heavy atom. The minimum atomic E-state index is -0.690. The van der Waals surface area contributed by atoms with Crippen molar-refractivity contribution in [2.24, 2.45) is 0 Å². The number of carbonyl (C=O) groups is 1. The van der Waals surface area contributed by atoms with Crippen LogP contribution in [-0.4, -0.2) is 43.5 Å². The molecule has 8 heteroatoms. The third-order valence-electron chi connectivity index (χ3n) is 5.41. The second kappa shape index (κ2) is 10.6. The van der Waals surface area contributed by atoms with E-state index in [-0.39, 0.29) is 30.6 Å². The molecule has 174 valence electrons. The van der Waals surface area contributed by atoms with Crippen LogP contribution in [0.1, 0.15) is 34.3 Å². The van der Waals surface area contributed by atoms with Crippen molar-refractivity contribution >= 4 is 5.91 Å². The van der Waals surface area contributed by atoms with Gasteiger partial charge in [0.2, 0.25) is 11.6 Å². The summed E-state index contributed by atoms with van der Waals surface area (Å²) < 4.78 is 17.1. The molecule has 0 aliphatic carbocycles. The van der Waals surface area contributed by atoms with Crippen molar-refractivity contribution in [3.63, 3.8) is 0 Å². The van der Waals surface area contributed by atoms with Crippen molar-refractivity contribution in [3.05, 3.63) is 81.6 Å². The minimum Gasteiger partial charge on any atom is -0.503 e. The summed E-state index contributed by atoms with van der Waals surface area (Å²) in [5.41, 5.74) is 0.728. The normalized spacial score (nSPS) is 11.5. The van der Waals surface area contributed by atoms with Crippen LogP contribution in [0.4, 0.5) is 0 Å². The summed E-state index contributed by atoms with van der Waals surface area (Å²) in [6.45, 7) is 2.35. The SMILES string of the molecule is COc1ccc(Cn2c(OC)c(OC)c(O)c(C(=O)NCC(C)c3ccccc3)c2=O)cc1. The zero-order valence-corrected chi connectivity index (χ0v) is 19.1. The van der Waals surface area contributed by atoms with Gasteiger partial charge in [0.05, 0.1) is 27.9 Å². The highest BCUT2D eigenvalue weighted by molar-refractivity contribution is 5.97. The molecule has 0 bridgehead atoms. The van der Waals surface area contributed by atoms with E-state index in [1.54, 1.807) is 31.4 Å². The summed E-state index contributed by atoms with van der Waals surface area (Å²) in [5.74, 6) is -0.635. The summed E-state index contributed by atoms with van der Waals surface area (Å²) in [7, 11) is 4.26. The number of rotatable bonds is 9. The van der Waals surface area contributed by atoms with Gasteiger partial charge in [0, 0.05) is 6.54 Å². The molecule has 0 aliphatic rings. The Hall–Kier alpha value is -3.94. The number of aromatic nitrogens is 1. The lowest BCUT2D eigenvalue weighted by Crippen LogP contribution is -2.35. The smallest absolute Gasteiger partial charge is 0.270 e. The van der Waals surface area contributed by atoms with E-state index in [1.807, 2.05) is 37.3 Å². The van der Waals surface area contributed by atoms with Crippen molar-refractivity contribution in [1.82, 2.24) is 9.88 Å². The standard InChI is InChI=1S/C25H28N2O6/c1-16(18-8-6-5-7-9-18)14-26-23(29)20-21(28)22(32-3)25(33-4)27(24(20)30)15-17-10-12-19(31-2)13-11-17/h5-13,16,28H,14-15H2,1-4H3,(H,26,29). The van der Waals surface area contributed by atoms with E-state index in [0.29, 0.717) is 5.75 Å². The van der Waals surface area contributed by atoms with E-state index in [0.717, 1.165) is 11.1 Å². The monoisotopic (exact) mass is 452 g/mol. The lowest BCUT2D eigenvalue weighted by Gasteiger charge is -2.19. The molecule has 8 nitrogen and oxygen atoms in total. The average molecular weight is 453 g/mol. The van der Waals surface area contributed by atoms with Gasteiger partial charge in [-0.3, -0.25) is 14.2 Å². The number of nitrogens with one attached hydrogen (secondary N) is 1. The number of carbonyl (C=O) groups excluding carboxylic acids is 1. The van der Waals surface area contributed by atoms with Crippen molar-refractivity contribution < 1.29 is 24.1 Å². The maximum atomic E-state index is 13.3. The van der Waals surface area contributed by atoms with Gasteiger partial charge in [0.15, 0.2) is 11.3 Å². The minimum absolute atomic E-state index is 0.0129. The molecule has 0 fully saturated rings. The van der Waals surface area contributed by atoms with Crippen LogP contribution in [0.15, 0.2) is 59.4 Å². The van der Waals surface area contributed by atoms with Crippen molar-refractivity contribution in [1.29, 1.82) is 0 Å². The summed E-state index contributed by atoms with van der Waals surface area (Å²) >= 11 is 0. The van der Waals surface area contributed by atoms with Gasteiger partial charge in [-0.05, 0) is 29.2 Å². The van der Waals surface area contributed by atoms with E-state index in [2.05, 4.69) is 5.32 Å². The number of methoxy groups -OCH3 is 3. The third kappa shape index (κ3) is 5.11. The van der Waals surface area contributed by atoms with E-state index in [9.17, 15) is 14.7 Å². The molecule has 33 heavy (non-hydrogen) atoms. The molecule has 3 rings (SSSR count). The molecule has 2 aromatic carbocycles. The van der Waals surface area contributed by atoms with E-state index in [1.165, 1.54) is 18.8 Å². The molecule has 0 radical (unpaired) electrons. The molecule has 1 unspecified atom stereocenters. The Kier molecular flexibility index (Phi) is 7.61. The maximum Gasteiger partial charge on any atom is 0.270 e. The van der Waals surface area contributed by atoms with Gasteiger partial charge in [-0.1, -0.05) is 49.4 Å². The van der Waals surface area contributed by atoms with Gasteiger partial charge in [-0.15, -0.1) is 0 Å². The van der Waals surface area contributed by atoms with Crippen LogP contribution in [0.25, 0.3) is 0 Å². The van der Waals surface area contributed by atoms with Crippen LogP contribution in [0.2, 0.25) is 0 Å². The number of ether oxygens (including phenoxy) is 3. The first-order valence-electron chi connectivity index (χ1n) is 10.4. The summed E-state index contributed by atoms with van der Waals surface area (Å²) in [6.07, 6.45) is 0. The average Bonchev–Trinajstić information content (AvgIpc) is 2.84. The fraction of sp³-hybridized carbons (Fsp3) is 0.280. The molecule has 0 saturated carbocycles. The molecule has 0 aliphatic heterocycles. The molecule has 0 spiro atoms. The largest absolute Gasteiger partial charge is 0.503 e. The Bertz CT molecular complexity index is 1160. The van der Waals surface area contributed by atoms with Crippen LogP contribution < -0.4 is 25.1 Å². The van der Waals surface area contributed by atoms with Crippen LogP contribution in [0.3, 0.4) is 0 Å². The number of benzene rings is 2. The fourth-order valence-electron chi connectivity index (χ4n) is 3.55. The highest BCUT2D eigenvalue weighted by Crippen LogP contribution is 2.37. The summed E-state index contributed by atoms with van der Waals surface area (Å²) in [6, 6.07) is 16.8. The summed E-state index contributed by atoms with van der Waals surface area (Å²) in [4.78, 5) is 26.3. The van der Waals surface area contributed by atoms with Gasteiger partial charge < -0.3 is 24.6 Å². The molecule has 3 aromatic rings. The molecule has 0 saturated heterocycles. The maximum absolute atomic E-state index is 13.3. The van der Waals surface area contributed by atoms with Crippen molar-refractivity contribution in [2.75, 3.05) is 27.9 Å². The molecular weight excluding hydrogens is 424 g/mol. The summed E-state index contributed by atoms with van der Waals surface area (Å²) in [5, 5.41) is 13.4. The Balaban J connectivity index is 1.95. The quantitative estimate of drug-likeness (QED) is 0.518. The van der Waals surface area contributed by atoms with Crippen molar-refractivity contribution in [3.8, 4) is 23.1 Å². The molecule has 1 heterocycles. The highest BCUT2D eigenvalue weighted by atomic mass is 16.5. The first-order valence-corrected chi connectivity index (χ1v) is 10.4. The number of pyridine rings is 1. The zero-order valence-electron chi connectivity index (χ0n) is 19.1. The predicted octanol–water partition coefficient (Wildman–Crippen LogP) is 3.16. The van der Waals surface area contributed by atoms with Gasteiger partial charge in [-0.25, -0.2) is 0 Å².